The van der Waals surface area contributed by atoms with Gasteiger partial charge in [-0.05, 0) is 42.2 Å². The van der Waals surface area contributed by atoms with Crippen LogP contribution in [0.1, 0.15) is 36.1 Å². The van der Waals surface area contributed by atoms with E-state index in [2.05, 4.69) is 22.2 Å². The first-order valence-electron chi connectivity index (χ1n) is 8.95. The van der Waals surface area contributed by atoms with Crippen molar-refractivity contribution in [1.29, 1.82) is 0 Å². The number of nitrogens with one attached hydrogen (secondary N) is 2. The van der Waals surface area contributed by atoms with E-state index >= 15 is 0 Å². The molecule has 1 aliphatic heterocycles. The number of fused-ring (bicyclic) bond motifs is 1. The lowest BCUT2D eigenvalue weighted by molar-refractivity contribution is 0.357. The first kappa shape index (κ1) is 18.9. The van der Waals surface area contributed by atoms with Crippen molar-refractivity contribution >= 4 is 10.0 Å². The van der Waals surface area contributed by atoms with E-state index in [0.717, 1.165) is 36.4 Å². The molecule has 0 bridgehead atoms. The van der Waals surface area contributed by atoms with Crippen molar-refractivity contribution in [2.24, 2.45) is 0 Å². The largest absolute Gasteiger partial charge is 0.493 e. The first-order valence-corrected chi connectivity index (χ1v) is 10.6. The van der Waals surface area contributed by atoms with Gasteiger partial charge in [-0.1, -0.05) is 36.4 Å². The second kappa shape index (κ2) is 8.20. The van der Waals surface area contributed by atoms with Crippen LogP contribution in [0.2, 0.25) is 0 Å². The highest BCUT2D eigenvalue weighted by Gasteiger charge is 2.15. The zero-order chi connectivity index (χ0) is 18.6. The highest BCUT2D eigenvalue weighted by Crippen LogP contribution is 2.25. The number of hydrogen-bond donors (Lipinski definition) is 2. The van der Waals surface area contributed by atoms with Crippen LogP contribution in [0.5, 0.6) is 5.75 Å². The molecule has 0 fully saturated rings. The third-order valence-corrected chi connectivity index (χ3v) is 5.80. The van der Waals surface area contributed by atoms with Crippen LogP contribution in [0.15, 0.2) is 42.5 Å². The minimum atomic E-state index is -3.33. The summed E-state index contributed by atoms with van der Waals surface area (Å²) in [5, 5.41) is 3.42. The van der Waals surface area contributed by atoms with E-state index in [1.807, 2.05) is 44.2 Å². The van der Waals surface area contributed by atoms with E-state index in [-0.39, 0.29) is 11.8 Å². The van der Waals surface area contributed by atoms with Crippen LogP contribution in [0.25, 0.3) is 0 Å². The summed E-state index contributed by atoms with van der Waals surface area (Å²) in [7, 11) is -3.33. The van der Waals surface area contributed by atoms with E-state index in [0.29, 0.717) is 6.54 Å². The van der Waals surface area contributed by atoms with Crippen LogP contribution in [0.3, 0.4) is 0 Å². The maximum absolute atomic E-state index is 12.2. The van der Waals surface area contributed by atoms with Crippen LogP contribution >= 0.6 is 0 Å². The average molecular weight is 375 g/mol. The lowest BCUT2D eigenvalue weighted by Crippen LogP contribution is -2.31. The lowest BCUT2D eigenvalue weighted by atomic mass is 10.1. The first-order chi connectivity index (χ1) is 12.4. The molecule has 0 spiro atoms. The summed E-state index contributed by atoms with van der Waals surface area (Å²) in [4.78, 5) is 0. The predicted octanol–water partition coefficient (Wildman–Crippen LogP) is 2.74. The molecule has 0 saturated carbocycles. The summed E-state index contributed by atoms with van der Waals surface area (Å²) in [6, 6.07) is 13.8. The van der Waals surface area contributed by atoms with Crippen molar-refractivity contribution in [2.45, 2.75) is 45.2 Å². The summed E-state index contributed by atoms with van der Waals surface area (Å²) in [6.07, 6.45) is 0.965. The van der Waals surface area contributed by atoms with Crippen molar-refractivity contribution < 1.29 is 13.2 Å². The van der Waals surface area contributed by atoms with E-state index in [1.165, 1.54) is 11.1 Å². The van der Waals surface area contributed by atoms with Gasteiger partial charge in [0.05, 0.1) is 12.4 Å². The van der Waals surface area contributed by atoms with E-state index in [1.54, 1.807) is 0 Å². The highest BCUT2D eigenvalue weighted by molar-refractivity contribution is 7.88. The number of rotatable bonds is 8. The molecule has 3 rings (SSSR count). The quantitative estimate of drug-likeness (QED) is 0.746. The Morgan fingerprint density at radius 1 is 1.08 bits per heavy atom. The molecule has 0 unspecified atom stereocenters. The van der Waals surface area contributed by atoms with E-state index in [4.69, 9.17) is 4.74 Å². The van der Waals surface area contributed by atoms with Gasteiger partial charge < -0.3 is 10.1 Å². The van der Waals surface area contributed by atoms with Gasteiger partial charge in [0.1, 0.15) is 5.75 Å². The van der Waals surface area contributed by atoms with E-state index < -0.39 is 10.0 Å². The summed E-state index contributed by atoms with van der Waals surface area (Å²) in [5.41, 5.74) is 4.30. The molecule has 5 nitrogen and oxygen atoms in total. The molecule has 0 aliphatic carbocycles. The van der Waals surface area contributed by atoms with Gasteiger partial charge >= 0.3 is 0 Å². The molecule has 1 heterocycles. The minimum absolute atomic E-state index is 0.000776. The molecular formula is C20H26N2O3S. The Bertz CT molecular complexity index is 863. The lowest BCUT2D eigenvalue weighted by Gasteiger charge is -2.13. The predicted molar refractivity (Wildman–Crippen MR) is 104 cm³/mol. The third kappa shape index (κ3) is 5.06. The molecular weight excluding hydrogens is 348 g/mol. The molecule has 6 heteroatoms. The molecule has 0 radical (unpaired) electrons. The van der Waals surface area contributed by atoms with Crippen molar-refractivity contribution in [3.05, 3.63) is 64.7 Å². The summed E-state index contributed by atoms with van der Waals surface area (Å²) >= 11 is 0. The Kier molecular flexibility index (Phi) is 5.96. The Morgan fingerprint density at radius 3 is 2.62 bits per heavy atom. The number of benzene rings is 2. The Labute approximate surface area is 155 Å². The standard InChI is InChI=1S/C20H26N2O3S/c1-15(2)22-26(23,24)14-19-6-4-3-5-18(19)13-21-12-16-7-8-20-17(11-16)9-10-25-20/h3-8,11,15,21-22H,9-10,12-14H2,1-2H3. The van der Waals surface area contributed by atoms with Crippen LogP contribution in [-0.4, -0.2) is 21.1 Å². The van der Waals surface area contributed by atoms with Gasteiger partial charge in [0, 0.05) is 25.6 Å². The summed E-state index contributed by atoms with van der Waals surface area (Å²) in [6.45, 7) is 5.78. The average Bonchev–Trinajstić information content (AvgIpc) is 3.02. The third-order valence-electron chi connectivity index (χ3n) is 4.28. The maximum Gasteiger partial charge on any atom is 0.216 e. The monoisotopic (exact) mass is 374 g/mol. The normalized spacial score (nSPS) is 13.7. The Morgan fingerprint density at radius 2 is 1.85 bits per heavy atom. The molecule has 140 valence electrons. The SMILES string of the molecule is CC(C)NS(=O)(=O)Cc1ccccc1CNCc1ccc2c(c1)CCO2. The fourth-order valence-electron chi connectivity index (χ4n) is 3.17. The Balaban J connectivity index is 1.62. The van der Waals surface area contributed by atoms with Crippen LogP contribution in [-0.2, 0) is 35.3 Å². The van der Waals surface area contributed by atoms with Crippen LogP contribution in [0.4, 0.5) is 0 Å². The van der Waals surface area contributed by atoms with E-state index in [9.17, 15) is 8.42 Å². The number of sulfonamides is 1. The molecule has 0 saturated heterocycles. The fraction of sp³-hybridized carbons (Fsp3) is 0.400. The van der Waals surface area contributed by atoms with Gasteiger partial charge in [0.2, 0.25) is 10.0 Å². The fourth-order valence-corrected chi connectivity index (χ4v) is 4.66. The highest BCUT2D eigenvalue weighted by atomic mass is 32.2. The van der Waals surface area contributed by atoms with Crippen LogP contribution in [0, 0.1) is 0 Å². The number of hydrogen-bond acceptors (Lipinski definition) is 4. The molecule has 2 aromatic rings. The smallest absolute Gasteiger partial charge is 0.216 e. The van der Waals surface area contributed by atoms with Gasteiger partial charge in [0.15, 0.2) is 0 Å². The molecule has 0 aromatic heterocycles. The zero-order valence-corrected chi connectivity index (χ0v) is 16.1. The van der Waals surface area contributed by atoms with Crippen LogP contribution < -0.4 is 14.8 Å². The van der Waals surface area contributed by atoms with Crippen molar-refractivity contribution in [3.8, 4) is 5.75 Å². The van der Waals surface area contributed by atoms with Crippen molar-refractivity contribution in [1.82, 2.24) is 10.0 Å². The van der Waals surface area contributed by atoms with Gasteiger partial charge in [-0.15, -0.1) is 0 Å². The van der Waals surface area contributed by atoms with Gasteiger partial charge in [-0.25, -0.2) is 13.1 Å². The van der Waals surface area contributed by atoms with Gasteiger partial charge in [0.25, 0.3) is 0 Å². The molecule has 2 N–H and O–H groups in total. The second-order valence-corrected chi connectivity index (χ2v) is 8.70. The van der Waals surface area contributed by atoms with Gasteiger partial charge in [-0.3, -0.25) is 0 Å². The maximum atomic E-state index is 12.2. The summed E-state index contributed by atoms with van der Waals surface area (Å²) < 4.78 is 32.6. The topological polar surface area (TPSA) is 67.4 Å². The number of ether oxygens (including phenoxy) is 1. The van der Waals surface area contributed by atoms with Gasteiger partial charge in [-0.2, -0.15) is 0 Å². The zero-order valence-electron chi connectivity index (χ0n) is 15.3. The Hall–Kier alpha value is -1.89. The van der Waals surface area contributed by atoms with Crippen molar-refractivity contribution in [3.63, 3.8) is 0 Å². The molecule has 0 atom stereocenters. The molecule has 1 aliphatic rings. The molecule has 2 aromatic carbocycles. The molecule has 26 heavy (non-hydrogen) atoms. The van der Waals surface area contributed by atoms with Crippen molar-refractivity contribution in [2.75, 3.05) is 6.61 Å². The minimum Gasteiger partial charge on any atom is -0.493 e. The molecule has 0 amide bonds. The second-order valence-electron chi connectivity index (χ2n) is 6.94. The summed E-state index contributed by atoms with van der Waals surface area (Å²) in [5.74, 6) is 0.987.